The standard InChI is InChI=1S/C21H21N3O.C8H10/c1-15-10-18(16(2)24-21-9-8-19(22)13-23-21)12-20(11-15)25-14-17-6-4-3-5-7-17;1-2-8-6-4-3-5-7-8/h3-13H,2,14,22H2,1H3,(H,23,24);3-7H,2H2,1H3. The number of rotatable bonds is 7. The van der Waals surface area contributed by atoms with Crippen LogP contribution in [0.1, 0.15) is 29.2 Å². The summed E-state index contributed by atoms with van der Waals surface area (Å²) in [6, 6.07) is 30.2. The van der Waals surface area contributed by atoms with Crippen molar-refractivity contribution in [2.75, 3.05) is 11.1 Å². The average Bonchev–Trinajstić information content (AvgIpc) is 2.85. The molecule has 0 fully saturated rings. The van der Waals surface area contributed by atoms with E-state index in [0.29, 0.717) is 18.1 Å². The van der Waals surface area contributed by atoms with Crippen LogP contribution in [0.2, 0.25) is 0 Å². The number of ether oxygens (including phenoxy) is 1. The number of hydrogen-bond donors (Lipinski definition) is 2. The Balaban J connectivity index is 0.000000323. The lowest BCUT2D eigenvalue weighted by Gasteiger charge is -2.13. The number of nitrogen functional groups attached to an aromatic ring is 1. The minimum absolute atomic E-state index is 0.531. The van der Waals surface area contributed by atoms with Gasteiger partial charge in [-0.25, -0.2) is 4.98 Å². The van der Waals surface area contributed by atoms with Crippen molar-refractivity contribution in [3.05, 3.63) is 126 Å². The van der Waals surface area contributed by atoms with Gasteiger partial charge in [0.1, 0.15) is 18.2 Å². The summed E-state index contributed by atoms with van der Waals surface area (Å²) in [5.41, 5.74) is 11.7. The average molecular weight is 438 g/mol. The lowest BCUT2D eigenvalue weighted by molar-refractivity contribution is 0.306. The van der Waals surface area contributed by atoms with Crippen molar-refractivity contribution in [3.63, 3.8) is 0 Å². The van der Waals surface area contributed by atoms with Crippen LogP contribution >= 0.6 is 0 Å². The Labute approximate surface area is 196 Å². The molecule has 3 aromatic carbocycles. The molecule has 0 unspecified atom stereocenters. The van der Waals surface area contributed by atoms with Gasteiger partial charge in [0.25, 0.3) is 0 Å². The number of nitrogens with two attached hydrogens (primary N) is 1. The molecule has 3 N–H and O–H groups in total. The van der Waals surface area contributed by atoms with Crippen molar-refractivity contribution >= 4 is 17.2 Å². The van der Waals surface area contributed by atoms with Gasteiger partial charge in [0.15, 0.2) is 0 Å². The van der Waals surface area contributed by atoms with E-state index in [-0.39, 0.29) is 0 Å². The van der Waals surface area contributed by atoms with Crippen LogP contribution in [0.15, 0.2) is 104 Å². The van der Waals surface area contributed by atoms with Crippen molar-refractivity contribution in [1.82, 2.24) is 4.98 Å². The SMILES string of the molecule is C=C(Nc1ccc(N)cn1)c1cc(C)cc(OCc2ccccc2)c1.CCc1ccccc1. The van der Waals surface area contributed by atoms with E-state index < -0.39 is 0 Å². The van der Waals surface area contributed by atoms with E-state index in [1.807, 2.05) is 61.5 Å². The van der Waals surface area contributed by atoms with Crippen LogP contribution in [0, 0.1) is 6.92 Å². The molecule has 168 valence electrons. The summed E-state index contributed by atoms with van der Waals surface area (Å²) in [6.45, 7) is 8.83. The smallest absolute Gasteiger partial charge is 0.130 e. The van der Waals surface area contributed by atoms with Gasteiger partial charge in [-0.15, -0.1) is 0 Å². The van der Waals surface area contributed by atoms with Crippen molar-refractivity contribution < 1.29 is 4.74 Å². The summed E-state index contributed by atoms with van der Waals surface area (Å²) < 4.78 is 5.93. The predicted octanol–water partition coefficient (Wildman–Crippen LogP) is 6.88. The van der Waals surface area contributed by atoms with Crippen LogP contribution in [-0.4, -0.2) is 4.98 Å². The van der Waals surface area contributed by atoms with E-state index in [1.165, 1.54) is 5.56 Å². The molecule has 1 aromatic heterocycles. The molecule has 0 aliphatic heterocycles. The molecule has 0 atom stereocenters. The lowest BCUT2D eigenvalue weighted by atomic mass is 10.1. The van der Waals surface area contributed by atoms with Gasteiger partial charge in [-0.1, -0.05) is 74.2 Å². The Morgan fingerprint density at radius 2 is 1.58 bits per heavy atom. The van der Waals surface area contributed by atoms with Gasteiger partial charge >= 0.3 is 0 Å². The predicted molar refractivity (Wildman–Crippen MR) is 139 cm³/mol. The summed E-state index contributed by atoms with van der Waals surface area (Å²) in [5, 5.41) is 3.20. The Kier molecular flexibility index (Phi) is 8.66. The number of aryl methyl sites for hydroxylation is 2. The van der Waals surface area contributed by atoms with E-state index in [1.54, 1.807) is 12.3 Å². The fourth-order valence-corrected chi connectivity index (χ4v) is 3.17. The topological polar surface area (TPSA) is 60.2 Å². The van der Waals surface area contributed by atoms with Crippen LogP contribution in [-0.2, 0) is 13.0 Å². The maximum atomic E-state index is 5.93. The second-order valence-electron chi connectivity index (χ2n) is 7.73. The molecular formula is C29H31N3O. The highest BCUT2D eigenvalue weighted by Gasteiger charge is 2.05. The molecule has 4 nitrogen and oxygen atoms in total. The summed E-state index contributed by atoms with van der Waals surface area (Å²) >= 11 is 0. The van der Waals surface area contributed by atoms with Gasteiger partial charge in [0.2, 0.25) is 0 Å². The van der Waals surface area contributed by atoms with Crippen LogP contribution in [0.5, 0.6) is 5.75 Å². The van der Waals surface area contributed by atoms with Gasteiger partial charge in [-0.2, -0.15) is 0 Å². The molecule has 33 heavy (non-hydrogen) atoms. The summed E-state index contributed by atoms with van der Waals surface area (Å²) in [7, 11) is 0. The van der Waals surface area contributed by atoms with Crippen LogP contribution in [0.3, 0.4) is 0 Å². The highest BCUT2D eigenvalue weighted by atomic mass is 16.5. The minimum Gasteiger partial charge on any atom is -0.489 e. The van der Waals surface area contributed by atoms with Gasteiger partial charge in [0.05, 0.1) is 11.9 Å². The number of hydrogen-bond acceptors (Lipinski definition) is 4. The zero-order valence-corrected chi connectivity index (χ0v) is 19.3. The molecule has 0 aliphatic rings. The van der Waals surface area contributed by atoms with Gasteiger partial charge in [-0.3, -0.25) is 0 Å². The number of pyridine rings is 1. The normalized spacial score (nSPS) is 10.0. The molecule has 1 heterocycles. The maximum absolute atomic E-state index is 5.93. The third kappa shape index (κ3) is 7.86. The highest BCUT2D eigenvalue weighted by molar-refractivity contribution is 5.75. The summed E-state index contributed by atoms with van der Waals surface area (Å²) in [6.07, 6.45) is 2.75. The third-order valence-electron chi connectivity index (χ3n) is 4.96. The third-order valence-corrected chi connectivity index (χ3v) is 4.96. The number of anilines is 2. The Morgan fingerprint density at radius 1 is 0.909 bits per heavy atom. The molecule has 0 saturated heterocycles. The number of nitrogens with zero attached hydrogens (tertiary/aromatic N) is 1. The number of benzene rings is 3. The van der Waals surface area contributed by atoms with E-state index >= 15 is 0 Å². The van der Waals surface area contributed by atoms with Gasteiger partial charge in [-0.05, 0) is 60.4 Å². The Bertz CT molecular complexity index is 1140. The maximum Gasteiger partial charge on any atom is 0.130 e. The monoisotopic (exact) mass is 437 g/mol. The van der Waals surface area contributed by atoms with Crippen LogP contribution in [0.25, 0.3) is 5.70 Å². The Morgan fingerprint density at radius 3 is 2.15 bits per heavy atom. The zero-order chi connectivity index (χ0) is 23.5. The number of aromatic nitrogens is 1. The molecule has 4 rings (SSSR count). The fourth-order valence-electron chi connectivity index (χ4n) is 3.17. The van der Waals surface area contributed by atoms with Crippen LogP contribution in [0.4, 0.5) is 11.5 Å². The van der Waals surface area contributed by atoms with E-state index in [2.05, 4.69) is 54.1 Å². The second-order valence-corrected chi connectivity index (χ2v) is 7.73. The molecular weight excluding hydrogens is 406 g/mol. The molecule has 4 heteroatoms. The molecule has 0 radical (unpaired) electrons. The van der Waals surface area contributed by atoms with Crippen molar-refractivity contribution in [2.24, 2.45) is 0 Å². The van der Waals surface area contributed by atoms with Gasteiger partial charge in [0, 0.05) is 11.3 Å². The van der Waals surface area contributed by atoms with Crippen molar-refractivity contribution in [3.8, 4) is 5.75 Å². The summed E-state index contributed by atoms with van der Waals surface area (Å²) in [4.78, 5) is 4.24. The first-order valence-corrected chi connectivity index (χ1v) is 11.0. The molecule has 0 spiro atoms. The highest BCUT2D eigenvalue weighted by Crippen LogP contribution is 2.24. The fraction of sp³-hybridized carbons (Fsp3) is 0.138. The van der Waals surface area contributed by atoms with Crippen LogP contribution < -0.4 is 15.8 Å². The first kappa shape index (κ1) is 23.6. The minimum atomic E-state index is 0.531. The van der Waals surface area contributed by atoms with E-state index in [4.69, 9.17) is 10.5 Å². The second kappa shape index (κ2) is 12.1. The first-order valence-electron chi connectivity index (χ1n) is 11.0. The largest absolute Gasteiger partial charge is 0.489 e. The quantitative estimate of drug-likeness (QED) is 0.331. The molecule has 0 saturated carbocycles. The van der Waals surface area contributed by atoms with Gasteiger partial charge < -0.3 is 15.8 Å². The van der Waals surface area contributed by atoms with Crippen molar-refractivity contribution in [2.45, 2.75) is 26.9 Å². The molecule has 0 amide bonds. The number of nitrogens with one attached hydrogen (secondary N) is 1. The molecule has 0 bridgehead atoms. The molecule has 4 aromatic rings. The summed E-state index contributed by atoms with van der Waals surface area (Å²) in [5.74, 6) is 1.51. The van der Waals surface area contributed by atoms with Crippen molar-refractivity contribution in [1.29, 1.82) is 0 Å². The molecule has 0 aliphatic carbocycles. The lowest BCUT2D eigenvalue weighted by Crippen LogP contribution is -2.01. The Hall–Kier alpha value is -4.05. The van der Waals surface area contributed by atoms with E-state index in [9.17, 15) is 0 Å². The van der Waals surface area contributed by atoms with E-state index in [0.717, 1.165) is 34.6 Å². The first-order chi connectivity index (χ1) is 16.0. The zero-order valence-electron chi connectivity index (χ0n) is 19.3.